The minimum Gasteiger partial charge on any atom is -0.316 e. The Morgan fingerprint density at radius 1 is 1.41 bits per heavy atom. The van der Waals surface area contributed by atoms with Crippen LogP contribution < -0.4 is 5.32 Å². The number of nitrogens with zero attached hydrogens (tertiary/aromatic N) is 2. The van der Waals surface area contributed by atoms with Crippen molar-refractivity contribution in [3.63, 3.8) is 0 Å². The zero-order valence-electron chi connectivity index (χ0n) is 10.9. The fraction of sp³-hybridized carbons (Fsp3) is 0.643. The Hall–Kier alpha value is -1.09. The van der Waals surface area contributed by atoms with Gasteiger partial charge in [0.1, 0.15) is 0 Å². The Kier molecular flexibility index (Phi) is 4.37. The Morgan fingerprint density at radius 2 is 2.29 bits per heavy atom. The second kappa shape index (κ2) is 6.01. The predicted octanol–water partition coefficient (Wildman–Crippen LogP) is 2.44. The van der Waals surface area contributed by atoms with E-state index in [1.54, 1.807) is 5.57 Å². The van der Waals surface area contributed by atoms with E-state index in [4.69, 9.17) is 0 Å². The maximum atomic E-state index is 4.23. The third-order valence-electron chi connectivity index (χ3n) is 3.54. The summed E-state index contributed by atoms with van der Waals surface area (Å²) in [5.74, 6) is 0. The molecule has 17 heavy (non-hydrogen) atoms. The molecule has 0 amide bonds. The fourth-order valence-corrected chi connectivity index (χ4v) is 2.54. The topological polar surface area (TPSA) is 29.9 Å². The number of aromatic nitrogens is 2. The first kappa shape index (κ1) is 12.4. The average Bonchev–Trinajstić information content (AvgIpc) is 2.75. The van der Waals surface area contributed by atoms with Crippen molar-refractivity contribution >= 4 is 0 Å². The molecular weight excluding hydrogens is 210 g/mol. The number of hydrogen-bond donors (Lipinski definition) is 1. The minimum absolute atomic E-state index is 0.545. The molecule has 1 aromatic heterocycles. The van der Waals surface area contributed by atoms with Crippen LogP contribution in [-0.4, -0.2) is 22.9 Å². The van der Waals surface area contributed by atoms with E-state index in [-0.39, 0.29) is 0 Å². The maximum absolute atomic E-state index is 4.23. The lowest BCUT2D eigenvalue weighted by atomic mass is 9.92. The summed E-state index contributed by atoms with van der Waals surface area (Å²) >= 11 is 0. The number of rotatable bonds is 5. The molecule has 0 saturated heterocycles. The first-order valence-corrected chi connectivity index (χ1v) is 6.60. The van der Waals surface area contributed by atoms with E-state index in [0.717, 1.165) is 6.42 Å². The minimum atomic E-state index is 0.545. The van der Waals surface area contributed by atoms with E-state index in [1.807, 2.05) is 17.9 Å². The quantitative estimate of drug-likeness (QED) is 0.792. The highest BCUT2D eigenvalue weighted by atomic mass is 15.2. The van der Waals surface area contributed by atoms with Crippen molar-refractivity contribution in [1.82, 2.24) is 15.1 Å². The van der Waals surface area contributed by atoms with Crippen LogP contribution in [0, 0.1) is 0 Å². The molecule has 0 spiro atoms. The highest BCUT2D eigenvalue weighted by Gasteiger charge is 2.12. The number of aryl methyl sites for hydroxylation is 1. The van der Waals surface area contributed by atoms with Crippen LogP contribution in [0.2, 0.25) is 0 Å². The van der Waals surface area contributed by atoms with E-state index in [1.165, 1.54) is 37.7 Å². The molecule has 2 rings (SSSR count). The van der Waals surface area contributed by atoms with Crippen LogP contribution in [-0.2, 0) is 13.5 Å². The molecule has 1 atom stereocenters. The van der Waals surface area contributed by atoms with Crippen LogP contribution in [0.25, 0.3) is 0 Å². The lowest BCUT2D eigenvalue weighted by Gasteiger charge is -2.19. The molecule has 0 aliphatic heterocycles. The van der Waals surface area contributed by atoms with Crippen LogP contribution in [0.15, 0.2) is 24.0 Å². The van der Waals surface area contributed by atoms with E-state index in [0.29, 0.717) is 6.04 Å². The zero-order valence-corrected chi connectivity index (χ0v) is 10.9. The van der Waals surface area contributed by atoms with Gasteiger partial charge in [-0.05, 0) is 51.1 Å². The molecule has 1 N–H and O–H groups in total. The molecular formula is C14H23N3. The van der Waals surface area contributed by atoms with Gasteiger partial charge in [0.25, 0.3) is 0 Å². The first-order valence-electron chi connectivity index (χ1n) is 6.60. The normalized spacial score (nSPS) is 17.9. The average molecular weight is 233 g/mol. The lowest BCUT2D eigenvalue weighted by molar-refractivity contribution is 0.532. The lowest BCUT2D eigenvalue weighted by Crippen LogP contribution is -2.28. The molecule has 0 radical (unpaired) electrons. The van der Waals surface area contributed by atoms with Gasteiger partial charge in [-0.2, -0.15) is 5.10 Å². The van der Waals surface area contributed by atoms with Crippen molar-refractivity contribution in [1.29, 1.82) is 0 Å². The van der Waals surface area contributed by atoms with Crippen molar-refractivity contribution in [3.8, 4) is 0 Å². The second-order valence-corrected chi connectivity index (χ2v) is 5.02. The van der Waals surface area contributed by atoms with Crippen LogP contribution >= 0.6 is 0 Å². The smallest absolute Gasteiger partial charge is 0.0522 e. The molecule has 3 heteroatoms. The summed E-state index contributed by atoms with van der Waals surface area (Å²) in [6.45, 7) is 0. The van der Waals surface area contributed by atoms with Gasteiger partial charge in [0, 0.05) is 19.3 Å². The molecule has 1 aromatic rings. The van der Waals surface area contributed by atoms with Gasteiger partial charge in [0.05, 0.1) is 6.20 Å². The van der Waals surface area contributed by atoms with Crippen molar-refractivity contribution in [2.75, 3.05) is 7.05 Å². The van der Waals surface area contributed by atoms with Crippen LogP contribution in [0.1, 0.15) is 37.7 Å². The number of likely N-dealkylation sites (N-methyl/N-ethyl adjacent to an activating group) is 1. The summed E-state index contributed by atoms with van der Waals surface area (Å²) in [5, 5.41) is 7.65. The van der Waals surface area contributed by atoms with Gasteiger partial charge in [0.15, 0.2) is 0 Å². The van der Waals surface area contributed by atoms with Gasteiger partial charge in [0.2, 0.25) is 0 Å². The highest BCUT2D eigenvalue weighted by molar-refractivity contribution is 5.11. The molecule has 3 nitrogen and oxygen atoms in total. The molecule has 1 unspecified atom stereocenters. The van der Waals surface area contributed by atoms with Gasteiger partial charge < -0.3 is 5.32 Å². The molecule has 1 aliphatic rings. The fourth-order valence-electron chi connectivity index (χ4n) is 2.54. The third-order valence-corrected chi connectivity index (χ3v) is 3.54. The molecule has 0 bridgehead atoms. The monoisotopic (exact) mass is 233 g/mol. The SMILES string of the molecule is CNC(CC1=CCCCC1)Cc1cnn(C)c1. The Bertz CT molecular complexity index is 379. The number of nitrogens with one attached hydrogen (secondary N) is 1. The van der Waals surface area contributed by atoms with Crippen molar-refractivity contribution < 1.29 is 0 Å². The van der Waals surface area contributed by atoms with Gasteiger partial charge in [-0.3, -0.25) is 4.68 Å². The molecule has 0 aromatic carbocycles. The van der Waals surface area contributed by atoms with Crippen molar-refractivity contribution in [2.45, 2.75) is 44.6 Å². The summed E-state index contributed by atoms with van der Waals surface area (Å²) in [7, 11) is 4.03. The molecule has 0 saturated carbocycles. The first-order chi connectivity index (χ1) is 8.28. The molecule has 1 heterocycles. The van der Waals surface area contributed by atoms with E-state index >= 15 is 0 Å². The van der Waals surface area contributed by atoms with Crippen molar-refractivity contribution in [2.24, 2.45) is 7.05 Å². The van der Waals surface area contributed by atoms with E-state index in [9.17, 15) is 0 Å². The van der Waals surface area contributed by atoms with Crippen molar-refractivity contribution in [3.05, 3.63) is 29.6 Å². The Balaban J connectivity index is 1.90. The summed E-state index contributed by atoms with van der Waals surface area (Å²) in [6, 6.07) is 0.545. The number of allylic oxidation sites excluding steroid dienone is 1. The molecule has 94 valence electrons. The highest BCUT2D eigenvalue weighted by Crippen LogP contribution is 2.22. The summed E-state index contributed by atoms with van der Waals surface area (Å²) in [5.41, 5.74) is 2.96. The third kappa shape index (κ3) is 3.70. The zero-order chi connectivity index (χ0) is 12.1. The summed E-state index contributed by atoms with van der Waals surface area (Å²) in [4.78, 5) is 0. The molecule has 0 fully saturated rings. The molecule has 1 aliphatic carbocycles. The standard InChI is InChI=1S/C14H23N3/c1-15-14(8-12-6-4-3-5-7-12)9-13-10-16-17(2)11-13/h6,10-11,14-15H,3-5,7-9H2,1-2H3. The van der Waals surface area contributed by atoms with Gasteiger partial charge in [-0.25, -0.2) is 0 Å². The second-order valence-electron chi connectivity index (χ2n) is 5.02. The number of hydrogen-bond acceptors (Lipinski definition) is 2. The van der Waals surface area contributed by atoms with Gasteiger partial charge >= 0.3 is 0 Å². The predicted molar refractivity (Wildman–Crippen MR) is 70.9 cm³/mol. The van der Waals surface area contributed by atoms with Crippen LogP contribution in [0.5, 0.6) is 0 Å². The van der Waals surface area contributed by atoms with Gasteiger partial charge in [-0.15, -0.1) is 0 Å². The van der Waals surface area contributed by atoms with Crippen LogP contribution in [0.4, 0.5) is 0 Å². The van der Waals surface area contributed by atoms with Crippen LogP contribution in [0.3, 0.4) is 0 Å². The summed E-state index contributed by atoms with van der Waals surface area (Å²) in [6.07, 6.45) is 14.1. The Labute approximate surface area is 104 Å². The van der Waals surface area contributed by atoms with Gasteiger partial charge in [-0.1, -0.05) is 11.6 Å². The Morgan fingerprint density at radius 3 is 2.88 bits per heavy atom. The largest absolute Gasteiger partial charge is 0.316 e. The van der Waals surface area contributed by atoms with E-state index in [2.05, 4.69) is 29.7 Å². The van der Waals surface area contributed by atoms with E-state index < -0.39 is 0 Å². The maximum Gasteiger partial charge on any atom is 0.0522 e. The summed E-state index contributed by atoms with van der Waals surface area (Å²) < 4.78 is 1.88.